The summed E-state index contributed by atoms with van der Waals surface area (Å²) in [6.45, 7) is 4.13. The molecule has 0 saturated carbocycles. The van der Waals surface area contributed by atoms with Gasteiger partial charge in [0.2, 0.25) is 17.7 Å². The van der Waals surface area contributed by atoms with E-state index in [0.29, 0.717) is 6.42 Å². The molecule has 0 aliphatic carbocycles. The molecule has 10 nitrogen and oxygen atoms in total. The van der Waals surface area contributed by atoms with Crippen molar-refractivity contribution in [2.24, 2.45) is 11.7 Å². The predicted molar refractivity (Wildman–Crippen MR) is 97.5 cm³/mol. The van der Waals surface area contributed by atoms with E-state index in [-0.39, 0.29) is 11.7 Å². The van der Waals surface area contributed by atoms with Crippen LogP contribution < -0.4 is 21.7 Å². The van der Waals surface area contributed by atoms with Crippen LogP contribution in [0.15, 0.2) is 0 Å². The van der Waals surface area contributed by atoms with Crippen LogP contribution in [0.2, 0.25) is 0 Å². The van der Waals surface area contributed by atoms with E-state index in [1.54, 1.807) is 13.8 Å². The van der Waals surface area contributed by atoms with Crippen molar-refractivity contribution in [2.45, 2.75) is 51.4 Å². The minimum atomic E-state index is -1.37. The van der Waals surface area contributed by atoms with E-state index < -0.39 is 54.5 Å². The molecular formula is C15H28N4O6S. The highest BCUT2D eigenvalue weighted by Crippen LogP contribution is 2.08. The molecule has 26 heavy (non-hydrogen) atoms. The van der Waals surface area contributed by atoms with Crippen molar-refractivity contribution in [3.05, 3.63) is 0 Å². The lowest BCUT2D eigenvalue weighted by molar-refractivity contribution is -0.144. The van der Waals surface area contributed by atoms with E-state index in [1.165, 1.54) is 6.92 Å². The number of carboxylic acids is 1. The van der Waals surface area contributed by atoms with Crippen molar-refractivity contribution in [3.8, 4) is 0 Å². The Balaban J connectivity index is 4.99. The monoisotopic (exact) mass is 392 g/mol. The van der Waals surface area contributed by atoms with Gasteiger partial charge >= 0.3 is 5.97 Å². The molecular weight excluding hydrogens is 364 g/mol. The van der Waals surface area contributed by atoms with Crippen molar-refractivity contribution < 1.29 is 29.4 Å². The number of aliphatic hydroxyl groups is 1. The van der Waals surface area contributed by atoms with Crippen LogP contribution in [0, 0.1) is 5.92 Å². The highest BCUT2D eigenvalue weighted by Gasteiger charge is 2.31. The summed E-state index contributed by atoms with van der Waals surface area (Å²) < 4.78 is 0. The lowest BCUT2D eigenvalue weighted by Crippen LogP contribution is -2.59. The molecule has 0 aliphatic rings. The van der Waals surface area contributed by atoms with Gasteiger partial charge in [0, 0.05) is 5.75 Å². The highest BCUT2D eigenvalue weighted by atomic mass is 32.1. The minimum Gasteiger partial charge on any atom is -0.480 e. The Kier molecular flexibility index (Phi) is 10.9. The number of amides is 3. The molecule has 0 heterocycles. The zero-order chi connectivity index (χ0) is 20.4. The summed E-state index contributed by atoms with van der Waals surface area (Å²) in [5.41, 5.74) is 5.41. The van der Waals surface area contributed by atoms with Crippen molar-refractivity contribution in [3.63, 3.8) is 0 Å². The van der Waals surface area contributed by atoms with Crippen molar-refractivity contribution in [2.75, 3.05) is 12.4 Å². The number of carbonyl (C=O) groups excluding carboxylic acids is 3. The van der Waals surface area contributed by atoms with E-state index in [4.69, 9.17) is 5.73 Å². The van der Waals surface area contributed by atoms with Gasteiger partial charge in [-0.25, -0.2) is 4.79 Å². The molecule has 0 aromatic carbocycles. The van der Waals surface area contributed by atoms with Gasteiger partial charge in [-0.1, -0.05) is 20.3 Å². The third-order valence-corrected chi connectivity index (χ3v) is 4.19. The molecule has 150 valence electrons. The first-order chi connectivity index (χ1) is 12.1. The van der Waals surface area contributed by atoms with Gasteiger partial charge in [-0.15, -0.1) is 0 Å². The number of aliphatic hydroxyl groups excluding tert-OH is 1. The standard InChI is InChI=1S/C15H28N4O6S/c1-4-7(2)11(15(24)25)19-13(22)9(5-20)17-14(23)10(6-26)18-12(21)8(3)16/h7-11,20,26H,4-6,16H2,1-3H3,(H,17,23)(H,18,21)(H,19,22)(H,24,25). The van der Waals surface area contributed by atoms with Crippen LogP contribution in [0.5, 0.6) is 0 Å². The quantitative estimate of drug-likeness (QED) is 0.196. The number of rotatable bonds is 11. The minimum absolute atomic E-state index is 0.0608. The Morgan fingerprint density at radius 2 is 1.50 bits per heavy atom. The molecule has 5 unspecified atom stereocenters. The van der Waals surface area contributed by atoms with E-state index in [9.17, 15) is 29.4 Å². The van der Waals surface area contributed by atoms with Gasteiger partial charge in [0.1, 0.15) is 18.1 Å². The Bertz CT molecular complexity index is 516. The van der Waals surface area contributed by atoms with E-state index in [1.807, 2.05) is 0 Å². The maximum Gasteiger partial charge on any atom is 0.326 e. The van der Waals surface area contributed by atoms with Gasteiger partial charge in [0.05, 0.1) is 12.6 Å². The Morgan fingerprint density at radius 3 is 1.88 bits per heavy atom. The second-order valence-corrected chi connectivity index (χ2v) is 6.35. The number of hydrogen-bond donors (Lipinski definition) is 7. The maximum absolute atomic E-state index is 12.2. The Labute approximate surface area is 157 Å². The van der Waals surface area contributed by atoms with E-state index in [2.05, 4.69) is 28.6 Å². The van der Waals surface area contributed by atoms with Gasteiger partial charge in [-0.3, -0.25) is 14.4 Å². The molecule has 0 spiro atoms. The molecule has 0 fully saturated rings. The number of thiol groups is 1. The highest BCUT2D eigenvalue weighted by molar-refractivity contribution is 7.80. The number of nitrogens with two attached hydrogens (primary N) is 1. The van der Waals surface area contributed by atoms with Crippen molar-refractivity contribution in [1.29, 1.82) is 0 Å². The summed E-state index contributed by atoms with van der Waals surface area (Å²) in [5, 5.41) is 25.5. The third-order valence-electron chi connectivity index (χ3n) is 3.82. The van der Waals surface area contributed by atoms with Gasteiger partial charge in [-0.05, 0) is 12.8 Å². The SMILES string of the molecule is CCC(C)C(NC(=O)C(CO)NC(=O)C(CS)NC(=O)C(C)N)C(=O)O. The third kappa shape index (κ3) is 7.58. The summed E-state index contributed by atoms with van der Waals surface area (Å²) >= 11 is 3.97. The molecule has 0 radical (unpaired) electrons. The summed E-state index contributed by atoms with van der Waals surface area (Å²) in [5.74, 6) is -3.79. The van der Waals surface area contributed by atoms with Crippen LogP contribution in [0.1, 0.15) is 27.2 Å². The van der Waals surface area contributed by atoms with Crippen LogP contribution in [-0.4, -0.2) is 70.4 Å². The smallest absolute Gasteiger partial charge is 0.326 e. The average Bonchev–Trinajstić information content (AvgIpc) is 2.60. The topological polar surface area (TPSA) is 171 Å². The largest absolute Gasteiger partial charge is 0.480 e. The first kappa shape index (κ1) is 24.1. The number of nitrogens with one attached hydrogen (secondary N) is 3. The molecule has 0 rings (SSSR count). The molecule has 0 bridgehead atoms. The van der Waals surface area contributed by atoms with E-state index >= 15 is 0 Å². The lowest BCUT2D eigenvalue weighted by atomic mass is 9.99. The first-order valence-electron chi connectivity index (χ1n) is 8.20. The molecule has 0 aromatic heterocycles. The fourth-order valence-electron chi connectivity index (χ4n) is 1.90. The molecule has 11 heteroatoms. The molecule has 5 atom stereocenters. The van der Waals surface area contributed by atoms with Crippen molar-refractivity contribution in [1.82, 2.24) is 16.0 Å². The van der Waals surface area contributed by atoms with Crippen LogP contribution >= 0.6 is 12.6 Å². The fraction of sp³-hybridized carbons (Fsp3) is 0.733. The van der Waals surface area contributed by atoms with Gasteiger partial charge in [-0.2, -0.15) is 12.6 Å². The van der Waals surface area contributed by atoms with Gasteiger partial charge in [0.15, 0.2) is 0 Å². The summed E-state index contributed by atoms with van der Waals surface area (Å²) in [4.78, 5) is 47.3. The van der Waals surface area contributed by atoms with Crippen LogP contribution in [0.3, 0.4) is 0 Å². The fourth-order valence-corrected chi connectivity index (χ4v) is 2.16. The summed E-state index contributed by atoms with van der Waals surface area (Å²) in [6.07, 6.45) is 0.512. The normalized spacial score (nSPS) is 16.5. The van der Waals surface area contributed by atoms with E-state index in [0.717, 1.165) is 0 Å². The molecule has 0 aromatic rings. The average molecular weight is 392 g/mol. The van der Waals surface area contributed by atoms with Crippen LogP contribution in [0.25, 0.3) is 0 Å². The van der Waals surface area contributed by atoms with Gasteiger partial charge in [0.25, 0.3) is 0 Å². The maximum atomic E-state index is 12.2. The lowest BCUT2D eigenvalue weighted by Gasteiger charge is -2.25. The Hall–Kier alpha value is -1.85. The zero-order valence-electron chi connectivity index (χ0n) is 15.1. The number of carboxylic acid groups (broad SMARTS) is 1. The zero-order valence-corrected chi connectivity index (χ0v) is 16.0. The Morgan fingerprint density at radius 1 is 1.00 bits per heavy atom. The van der Waals surface area contributed by atoms with Crippen LogP contribution in [-0.2, 0) is 19.2 Å². The number of aliphatic carboxylic acids is 1. The number of hydrogen-bond acceptors (Lipinski definition) is 7. The number of carbonyl (C=O) groups is 4. The second-order valence-electron chi connectivity index (χ2n) is 5.99. The first-order valence-corrected chi connectivity index (χ1v) is 8.83. The van der Waals surface area contributed by atoms with Gasteiger partial charge < -0.3 is 31.9 Å². The molecule has 3 amide bonds. The predicted octanol–water partition coefficient (Wildman–Crippen LogP) is -2.16. The molecule has 7 N–H and O–H groups in total. The molecule has 0 saturated heterocycles. The van der Waals surface area contributed by atoms with Crippen molar-refractivity contribution >= 4 is 36.3 Å². The summed E-state index contributed by atoms with van der Waals surface area (Å²) in [7, 11) is 0. The molecule has 0 aliphatic heterocycles. The second kappa shape index (κ2) is 11.7. The summed E-state index contributed by atoms with van der Waals surface area (Å²) in [6, 6.07) is -4.43. The van der Waals surface area contributed by atoms with Crippen LogP contribution in [0.4, 0.5) is 0 Å².